The first kappa shape index (κ1) is 16.2. The minimum Gasteiger partial charge on any atom is -0.489 e. The van der Waals surface area contributed by atoms with Crippen LogP contribution in [0.4, 0.5) is 0 Å². The predicted octanol–water partition coefficient (Wildman–Crippen LogP) is 3.01. The SMILES string of the molecule is O=S(=O)(c1ccccc1)n1ccc2cc(OC3CCCNC3)ccc21. The Hall–Kier alpha value is -2.31. The van der Waals surface area contributed by atoms with Crippen LogP contribution in [0.1, 0.15) is 12.8 Å². The van der Waals surface area contributed by atoms with Crippen LogP contribution in [0.15, 0.2) is 65.7 Å². The molecular weight excluding hydrogens is 336 g/mol. The van der Waals surface area contributed by atoms with E-state index in [-0.39, 0.29) is 11.0 Å². The quantitative estimate of drug-likeness (QED) is 0.781. The molecule has 0 spiro atoms. The topological polar surface area (TPSA) is 60.3 Å². The molecule has 0 bridgehead atoms. The third kappa shape index (κ3) is 3.15. The van der Waals surface area contributed by atoms with Crippen LogP contribution in [0.5, 0.6) is 5.75 Å². The third-order valence-electron chi connectivity index (χ3n) is 4.48. The Morgan fingerprint density at radius 1 is 1.08 bits per heavy atom. The van der Waals surface area contributed by atoms with Crippen molar-refractivity contribution in [2.45, 2.75) is 23.8 Å². The summed E-state index contributed by atoms with van der Waals surface area (Å²) in [5.74, 6) is 0.774. The molecule has 3 aromatic rings. The van der Waals surface area contributed by atoms with E-state index in [4.69, 9.17) is 4.74 Å². The lowest BCUT2D eigenvalue weighted by atomic mass is 10.1. The van der Waals surface area contributed by atoms with Gasteiger partial charge in [-0.25, -0.2) is 12.4 Å². The number of ether oxygens (including phenoxy) is 1. The minimum atomic E-state index is -3.60. The molecule has 5 nitrogen and oxygen atoms in total. The van der Waals surface area contributed by atoms with E-state index in [2.05, 4.69) is 5.32 Å². The molecule has 6 heteroatoms. The number of nitrogens with zero attached hydrogens (tertiary/aromatic N) is 1. The minimum absolute atomic E-state index is 0.168. The Kier molecular flexibility index (Phi) is 4.23. The molecule has 25 heavy (non-hydrogen) atoms. The summed E-state index contributed by atoms with van der Waals surface area (Å²) in [6.45, 7) is 1.89. The average Bonchev–Trinajstić information content (AvgIpc) is 3.07. The number of fused-ring (bicyclic) bond motifs is 1. The number of benzene rings is 2. The second-order valence-electron chi connectivity index (χ2n) is 6.24. The van der Waals surface area contributed by atoms with Gasteiger partial charge in [0.05, 0.1) is 10.4 Å². The number of piperidine rings is 1. The Balaban J connectivity index is 1.66. The molecule has 0 aliphatic carbocycles. The average molecular weight is 356 g/mol. The predicted molar refractivity (Wildman–Crippen MR) is 97.5 cm³/mol. The van der Waals surface area contributed by atoms with Gasteiger partial charge in [0.15, 0.2) is 0 Å². The molecule has 1 aliphatic heterocycles. The number of hydrogen-bond donors (Lipinski definition) is 1. The van der Waals surface area contributed by atoms with E-state index in [0.29, 0.717) is 5.52 Å². The first-order valence-electron chi connectivity index (χ1n) is 8.44. The van der Waals surface area contributed by atoms with Crippen LogP contribution in [-0.4, -0.2) is 31.6 Å². The van der Waals surface area contributed by atoms with Gasteiger partial charge in [0.1, 0.15) is 11.9 Å². The van der Waals surface area contributed by atoms with Crippen molar-refractivity contribution in [1.82, 2.24) is 9.29 Å². The van der Waals surface area contributed by atoms with Gasteiger partial charge in [-0.2, -0.15) is 0 Å². The van der Waals surface area contributed by atoms with Gasteiger partial charge >= 0.3 is 0 Å². The molecule has 1 fully saturated rings. The highest BCUT2D eigenvalue weighted by atomic mass is 32.2. The lowest BCUT2D eigenvalue weighted by Crippen LogP contribution is -2.37. The molecule has 1 saturated heterocycles. The summed E-state index contributed by atoms with van der Waals surface area (Å²) < 4.78 is 33.0. The van der Waals surface area contributed by atoms with E-state index < -0.39 is 10.0 Å². The maximum absolute atomic E-state index is 12.8. The Morgan fingerprint density at radius 2 is 1.92 bits per heavy atom. The lowest BCUT2D eigenvalue weighted by Gasteiger charge is -2.24. The fourth-order valence-corrected chi connectivity index (χ4v) is 4.57. The fraction of sp³-hybridized carbons (Fsp3) is 0.263. The summed E-state index contributed by atoms with van der Waals surface area (Å²) in [5.41, 5.74) is 0.651. The molecule has 1 N–H and O–H groups in total. The summed E-state index contributed by atoms with van der Waals surface area (Å²) in [6, 6.07) is 15.8. The van der Waals surface area contributed by atoms with Gasteiger partial charge in [-0.15, -0.1) is 0 Å². The molecule has 1 aliphatic rings. The van der Waals surface area contributed by atoms with Gasteiger partial charge in [0.25, 0.3) is 10.0 Å². The highest BCUT2D eigenvalue weighted by molar-refractivity contribution is 7.90. The van der Waals surface area contributed by atoms with Gasteiger partial charge in [0.2, 0.25) is 0 Å². The highest BCUT2D eigenvalue weighted by Crippen LogP contribution is 2.26. The van der Waals surface area contributed by atoms with Crippen molar-refractivity contribution in [1.29, 1.82) is 0 Å². The summed E-state index contributed by atoms with van der Waals surface area (Å²) >= 11 is 0. The molecule has 1 aromatic heterocycles. The smallest absolute Gasteiger partial charge is 0.268 e. The van der Waals surface area contributed by atoms with Gasteiger partial charge in [0, 0.05) is 18.1 Å². The monoisotopic (exact) mass is 356 g/mol. The molecular formula is C19H20N2O3S. The fourth-order valence-electron chi connectivity index (χ4n) is 3.20. The third-order valence-corrected chi connectivity index (χ3v) is 6.18. The van der Waals surface area contributed by atoms with Crippen molar-refractivity contribution in [3.63, 3.8) is 0 Å². The van der Waals surface area contributed by atoms with E-state index in [0.717, 1.165) is 37.1 Å². The first-order valence-corrected chi connectivity index (χ1v) is 9.88. The molecule has 2 heterocycles. The lowest BCUT2D eigenvalue weighted by molar-refractivity contribution is 0.167. The summed E-state index contributed by atoms with van der Waals surface area (Å²) in [5, 5.41) is 4.17. The normalized spacial score (nSPS) is 18.3. The molecule has 0 amide bonds. The van der Waals surface area contributed by atoms with E-state index in [1.165, 1.54) is 3.97 Å². The van der Waals surface area contributed by atoms with Gasteiger partial charge in [-0.1, -0.05) is 18.2 Å². The van der Waals surface area contributed by atoms with Crippen molar-refractivity contribution in [2.75, 3.05) is 13.1 Å². The zero-order valence-electron chi connectivity index (χ0n) is 13.8. The van der Waals surface area contributed by atoms with E-state index >= 15 is 0 Å². The number of nitrogens with one attached hydrogen (secondary N) is 1. The second kappa shape index (κ2) is 6.54. The van der Waals surface area contributed by atoms with Crippen LogP contribution in [-0.2, 0) is 10.0 Å². The maximum Gasteiger partial charge on any atom is 0.268 e. The number of aromatic nitrogens is 1. The standard InChI is InChI=1S/C19H20N2O3S/c22-25(23,18-6-2-1-3-7-18)21-12-10-15-13-16(8-9-19(15)21)24-17-5-4-11-20-14-17/h1-3,6-10,12-13,17,20H,4-5,11,14H2. The number of rotatable bonds is 4. The van der Waals surface area contributed by atoms with Crippen LogP contribution in [0.2, 0.25) is 0 Å². The van der Waals surface area contributed by atoms with Gasteiger partial charge in [-0.05, 0) is 55.8 Å². The highest BCUT2D eigenvalue weighted by Gasteiger charge is 2.19. The summed E-state index contributed by atoms with van der Waals surface area (Å²) in [6.07, 6.45) is 3.91. The second-order valence-corrected chi connectivity index (χ2v) is 8.05. The molecule has 0 saturated carbocycles. The zero-order chi connectivity index (χ0) is 17.3. The van der Waals surface area contributed by atoms with Crippen molar-refractivity contribution in [3.05, 3.63) is 60.8 Å². The van der Waals surface area contributed by atoms with E-state index in [9.17, 15) is 8.42 Å². The zero-order valence-corrected chi connectivity index (χ0v) is 14.6. The summed E-state index contributed by atoms with van der Waals surface area (Å²) in [4.78, 5) is 0.279. The van der Waals surface area contributed by atoms with Crippen LogP contribution in [0.3, 0.4) is 0 Å². The van der Waals surface area contributed by atoms with Crippen LogP contribution >= 0.6 is 0 Å². The van der Waals surface area contributed by atoms with Crippen LogP contribution in [0, 0.1) is 0 Å². The van der Waals surface area contributed by atoms with Crippen molar-refractivity contribution in [2.24, 2.45) is 0 Å². The number of hydrogen-bond acceptors (Lipinski definition) is 4. The molecule has 4 rings (SSSR count). The van der Waals surface area contributed by atoms with Crippen molar-refractivity contribution in [3.8, 4) is 5.75 Å². The summed E-state index contributed by atoms with van der Waals surface area (Å²) in [7, 11) is -3.60. The Bertz CT molecular complexity index is 974. The molecule has 0 radical (unpaired) electrons. The largest absolute Gasteiger partial charge is 0.489 e. The van der Waals surface area contributed by atoms with Crippen molar-refractivity contribution < 1.29 is 13.2 Å². The van der Waals surface area contributed by atoms with Gasteiger partial charge in [-0.3, -0.25) is 0 Å². The van der Waals surface area contributed by atoms with Crippen LogP contribution in [0.25, 0.3) is 10.9 Å². The Morgan fingerprint density at radius 3 is 2.68 bits per heavy atom. The molecule has 2 aromatic carbocycles. The van der Waals surface area contributed by atoms with Crippen molar-refractivity contribution >= 4 is 20.9 Å². The molecule has 1 atom stereocenters. The molecule has 130 valence electrons. The Labute approximate surface area is 147 Å². The van der Waals surface area contributed by atoms with Gasteiger partial charge < -0.3 is 10.1 Å². The van der Waals surface area contributed by atoms with E-state index in [1.807, 2.05) is 18.2 Å². The van der Waals surface area contributed by atoms with Crippen LogP contribution < -0.4 is 10.1 Å². The first-order chi connectivity index (χ1) is 12.1. The molecule has 1 unspecified atom stereocenters. The maximum atomic E-state index is 12.8. The van der Waals surface area contributed by atoms with E-state index in [1.54, 1.807) is 42.6 Å².